The largest absolute Gasteiger partial charge is 0.413 e. The molecule has 0 aliphatic heterocycles. The van der Waals surface area contributed by atoms with Gasteiger partial charge in [-0.15, -0.1) is 0 Å². The van der Waals surface area contributed by atoms with Gasteiger partial charge in [-0.2, -0.15) is 5.26 Å². The lowest BCUT2D eigenvalue weighted by Gasteiger charge is -2.36. The minimum Gasteiger partial charge on any atom is -0.413 e. The lowest BCUT2D eigenvalue weighted by molar-refractivity contribution is 0.275. The van der Waals surface area contributed by atoms with Crippen molar-refractivity contribution in [3.05, 3.63) is 29.6 Å². The van der Waals surface area contributed by atoms with Gasteiger partial charge in [-0.3, -0.25) is 4.98 Å². The Balaban J connectivity index is 2.78. The molecule has 1 aromatic heterocycles. The van der Waals surface area contributed by atoms with Crippen LogP contribution in [0.2, 0.25) is 18.1 Å². The highest BCUT2D eigenvalue weighted by Gasteiger charge is 2.37. The van der Waals surface area contributed by atoms with E-state index in [1.165, 1.54) is 0 Å². The minimum atomic E-state index is -1.74. The lowest BCUT2D eigenvalue weighted by atomic mass is 10.1. The van der Waals surface area contributed by atoms with Crippen LogP contribution in [0.5, 0.6) is 0 Å². The molecule has 1 heterocycles. The summed E-state index contributed by atoms with van der Waals surface area (Å²) in [6.45, 7) is 11.7. The second-order valence-corrected chi connectivity index (χ2v) is 10.8. The molecule has 3 nitrogen and oxygen atoms in total. The second-order valence-electron chi connectivity index (χ2n) is 6.03. The highest BCUT2D eigenvalue weighted by molar-refractivity contribution is 6.74. The Morgan fingerprint density at radius 3 is 2.56 bits per heavy atom. The van der Waals surface area contributed by atoms with Gasteiger partial charge in [0.1, 0.15) is 0 Å². The number of aromatic nitrogens is 1. The van der Waals surface area contributed by atoms with Crippen LogP contribution in [0.25, 0.3) is 0 Å². The number of hydrogen-bond donors (Lipinski definition) is 0. The molecule has 0 spiro atoms. The summed E-state index contributed by atoms with van der Waals surface area (Å²) in [7, 11) is -1.74. The van der Waals surface area contributed by atoms with E-state index in [2.05, 4.69) is 44.9 Å². The fourth-order valence-corrected chi connectivity index (χ4v) is 2.27. The average Bonchev–Trinajstić information content (AvgIpc) is 2.27. The van der Waals surface area contributed by atoms with Crippen molar-refractivity contribution in [1.29, 1.82) is 5.26 Å². The third-order valence-corrected chi connectivity index (χ3v) is 8.15. The predicted octanol–water partition coefficient (Wildman–Crippen LogP) is 3.67. The molecule has 0 fully saturated rings. The normalized spacial score (nSPS) is 12.2. The van der Waals surface area contributed by atoms with E-state index in [-0.39, 0.29) is 5.04 Å². The monoisotopic (exact) mass is 262 g/mol. The summed E-state index contributed by atoms with van der Waals surface area (Å²) in [5, 5.41) is 9.00. The summed E-state index contributed by atoms with van der Waals surface area (Å²) in [4.78, 5) is 4.06. The third-order valence-electron chi connectivity index (χ3n) is 3.67. The van der Waals surface area contributed by atoms with Gasteiger partial charge in [-0.25, -0.2) is 0 Å². The molecular formula is C14H22N2OSi. The second kappa shape index (κ2) is 5.64. The maximum absolute atomic E-state index is 8.79. The van der Waals surface area contributed by atoms with Gasteiger partial charge in [-0.05, 0) is 35.3 Å². The quantitative estimate of drug-likeness (QED) is 0.778. The van der Waals surface area contributed by atoms with E-state index in [0.717, 1.165) is 11.1 Å². The van der Waals surface area contributed by atoms with Crippen LogP contribution in [0.3, 0.4) is 0 Å². The van der Waals surface area contributed by atoms with Gasteiger partial charge in [-0.1, -0.05) is 20.8 Å². The van der Waals surface area contributed by atoms with E-state index >= 15 is 0 Å². The van der Waals surface area contributed by atoms with Crippen molar-refractivity contribution in [3.8, 4) is 6.07 Å². The van der Waals surface area contributed by atoms with Crippen LogP contribution in [0.1, 0.15) is 31.9 Å². The summed E-state index contributed by atoms with van der Waals surface area (Å²) in [5.41, 5.74) is 2.05. The lowest BCUT2D eigenvalue weighted by Crippen LogP contribution is -2.40. The van der Waals surface area contributed by atoms with Crippen LogP contribution in [-0.2, 0) is 17.5 Å². The van der Waals surface area contributed by atoms with Crippen LogP contribution < -0.4 is 0 Å². The van der Waals surface area contributed by atoms with Gasteiger partial charge < -0.3 is 4.43 Å². The van der Waals surface area contributed by atoms with Crippen molar-refractivity contribution in [2.75, 3.05) is 0 Å². The molecular weight excluding hydrogens is 240 g/mol. The fraction of sp³-hybridized carbons (Fsp3) is 0.571. The third kappa shape index (κ3) is 3.66. The van der Waals surface area contributed by atoms with Crippen molar-refractivity contribution in [2.24, 2.45) is 0 Å². The van der Waals surface area contributed by atoms with Crippen molar-refractivity contribution in [2.45, 2.75) is 51.9 Å². The van der Waals surface area contributed by atoms with Gasteiger partial charge in [0, 0.05) is 12.4 Å². The molecule has 0 atom stereocenters. The molecule has 0 bridgehead atoms. The molecule has 98 valence electrons. The molecule has 0 unspecified atom stereocenters. The van der Waals surface area contributed by atoms with Crippen LogP contribution >= 0.6 is 0 Å². The van der Waals surface area contributed by atoms with Crippen LogP contribution in [0, 0.1) is 11.3 Å². The van der Waals surface area contributed by atoms with Crippen molar-refractivity contribution in [1.82, 2.24) is 4.98 Å². The summed E-state index contributed by atoms with van der Waals surface area (Å²) in [5.74, 6) is 0. The maximum atomic E-state index is 8.79. The molecule has 0 aliphatic rings. The van der Waals surface area contributed by atoms with Gasteiger partial charge in [0.2, 0.25) is 0 Å². The van der Waals surface area contributed by atoms with Crippen LogP contribution in [0.4, 0.5) is 0 Å². The molecule has 0 saturated carbocycles. The van der Waals surface area contributed by atoms with Crippen LogP contribution in [0.15, 0.2) is 18.5 Å². The number of hydrogen-bond acceptors (Lipinski definition) is 3. The number of pyridine rings is 1. The van der Waals surface area contributed by atoms with Gasteiger partial charge in [0.15, 0.2) is 8.32 Å². The molecule has 0 aromatic carbocycles. The molecule has 0 amide bonds. The molecule has 1 aromatic rings. The summed E-state index contributed by atoms with van der Waals surface area (Å²) < 4.78 is 6.17. The van der Waals surface area contributed by atoms with E-state index in [9.17, 15) is 0 Å². The molecule has 0 saturated heterocycles. The highest BCUT2D eigenvalue weighted by atomic mass is 28.4. The van der Waals surface area contributed by atoms with Gasteiger partial charge in [0.25, 0.3) is 0 Å². The zero-order valence-corrected chi connectivity index (χ0v) is 12.9. The van der Waals surface area contributed by atoms with Crippen molar-refractivity contribution >= 4 is 8.32 Å². The van der Waals surface area contributed by atoms with E-state index in [1.807, 2.05) is 6.07 Å². The number of nitrogens with zero attached hydrogens (tertiary/aromatic N) is 2. The molecule has 4 heteroatoms. The summed E-state index contributed by atoms with van der Waals surface area (Å²) in [6, 6.07) is 4.11. The first-order valence-electron chi connectivity index (χ1n) is 6.20. The zero-order chi connectivity index (χ0) is 13.8. The fourth-order valence-electron chi connectivity index (χ4n) is 1.32. The zero-order valence-electron chi connectivity index (χ0n) is 11.9. The highest BCUT2D eigenvalue weighted by Crippen LogP contribution is 2.37. The van der Waals surface area contributed by atoms with Crippen LogP contribution in [-0.4, -0.2) is 13.3 Å². The Bertz CT molecular complexity index is 444. The first kappa shape index (κ1) is 14.9. The number of nitriles is 1. The standard InChI is InChI=1S/C14H22N2OSi/c1-14(2,3)18(4,5)17-11-13-7-9-16-10-12(13)6-8-15/h7,9-10H,6,11H2,1-5H3. The Hall–Kier alpha value is -1.18. The smallest absolute Gasteiger partial charge is 0.192 e. The molecule has 18 heavy (non-hydrogen) atoms. The summed E-state index contributed by atoms with van der Waals surface area (Å²) in [6.07, 6.45) is 3.91. The Morgan fingerprint density at radius 2 is 2.00 bits per heavy atom. The van der Waals surface area contributed by atoms with Gasteiger partial charge >= 0.3 is 0 Å². The Morgan fingerprint density at radius 1 is 1.33 bits per heavy atom. The Kier molecular flexibility index (Phi) is 4.66. The molecule has 0 aliphatic carbocycles. The summed E-state index contributed by atoms with van der Waals surface area (Å²) >= 11 is 0. The number of rotatable bonds is 4. The SMILES string of the molecule is CC(C)(C)[Si](C)(C)OCc1ccncc1CC#N. The van der Waals surface area contributed by atoms with E-state index < -0.39 is 8.32 Å². The Labute approximate surface area is 111 Å². The first-order valence-corrected chi connectivity index (χ1v) is 9.11. The maximum Gasteiger partial charge on any atom is 0.192 e. The van der Waals surface area contributed by atoms with E-state index in [1.54, 1.807) is 12.4 Å². The van der Waals surface area contributed by atoms with E-state index in [4.69, 9.17) is 9.69 Å². The van der Waals surface area contributed by atoms with Crippen molar-refractivity contribution in [3.63, 3.8) is 0 Å². The molecule has 0 N–H and O–H groups in total. The minimum absolute atomic E-state index is 0.204. The topological polar surface area (TPSA) is 45.9 Å². The molecule has 0 radical (unpaired) electrons. The molecule has 1 rings (SSSR count). The van der Waals surface area contributed by atoms with Gasteiger partial charge in [0.05, 0.1) is 19.1 Å². The average molecular weight is 262 g/mol. The predicted molar refractivity (Wildman–Crippen MR) is 75.5 cm³/mol. The first-order chi connectivity index (χ1) is 8.28. The van der Waals surface area contributed by atoms with E-state index in [0.29, 0.717) is 13.0 Å². The van der Waals surface area contributed by atoms with Crippen molar-refractivity contribution < 1.29 is 4.43 Å².